The molecule has 0 amide bonds. The van der Waals surface area contributed by atoms with Crippen LogP contribution in [0.2, 0.25) is 0 Å². The van der Waals surface area contributed by atoms with Crippen LogP contribution in [0, 0.1) is 6.92 Å². The SMILES string of the molecule is Cc1cc(S(=O)(=O)N2CCNCc3ccccc32)ccc1OC(C)C. The minimum absolute atomic E-state index is 0.0460. The van der Waals surface area contributed by atoms with Crippen molar-refractivity contribution in [1.29, 1.82) is 0 Å². The molecule has 0 unspecified atom stereocenters. The molecule has 5 nitrogen and oxygen atoms in total. The molecule has 1 N–H and O–H groups in total. The van der Waals surface area contributed by atoms with Gasteiger partial charge >= 0.3 is 0 Å². The van der Waals surface area contributed by atoms with E-state index in [2.05, 4.69) is 5.32 Å². The van der Waals surface area contributed by atoms with Crippen molar-refractivity contribution in [3.8, 4) is 5.75 Å². The molecule has 2 aromatic carbocycles. The van der Waals surface area contributed by atoms with Crippen LogP contribution in [0.1, 0.15) is 25.0 Å². The fourth-order valence-corrected chi connectivity index (χ4v) is 4.56. The third-order valence-electron chi connectivity index (χ3n) is 4.16. The number of nitrogens with zero attached hydrogens (tertiary/aromatic N) is 1. The maximum Gasteiger partial charge on any atom is 0.264 e. The summed E-state index contributed by atoms with van der Waals surface area (Å²) in [7, 11) is -3.63. The summed E-state index contributed by atoms with van der Waals surface area (Å²) in [4.78, 5) is 0.290. The predicted octanol–water partition coefficient (Wildman–Crippen LogP) is 3.08. The van der Waals surface area contributed by atoms with Crippen LogP contribution in [0.3, 0.4) is 0 Å². The third kappa shape index (κ3) is 3.65. The molecule has 1 heterocycles. The van der Waals surface area contributed by atoms with E-state index in [-0.39, 0.29) is 11.0 Å². The first kappa shape index (κ1) is 17.8. The summed E-state index contributed by atoms with van der Waals surface area (Å²) in [6.07, 6.45) is 0.0460. The van der Waals surface area contributed by atoms with Crippen LogP contribution >= 0.6 is 0 Å². The van der Waals surface area contributed by atoms with E-state index in [1.165, 1.54) is 4.31 Å². The minimum atomic E-state index is -3.63. The summed E-state index contributed by atoms with van der Waals surface area (Å²) in [5, 5.41) is 3.27. The summed E-state index contributed by atoms with van der Waals surface area (Å²) >= 11 is 0. The molecule has 0 radical (unpaired) electrons. The van der Waals surface area contributed by atoms with Gasteiger partial charge < -0.3 is 10.1 Å². The van der Waals surface area contributed by atoms with Crippen molar-refractivity contribution in [2.75, 3.05) is 17.4 Å². The molecule has 0 fully saturated rings. The number of para-hydroxylation sites is 1. The molecule has 0 spiro atoms. The molecule has 0 saturated heterocycles. The van der Waals surface area contributed by atoms with Gasteiger partial charge in [0.05, 0.1) is 16.7 Å². The highest BCUT2D eigenvalue weighted by Crippen LogP contribution is 2.30. The number of nitrogens with one attached hydrogen (secondary N) is 1. The molecule has 1 aliphatic rings. The van der Waals surface area contributed by atoms with E-state index in [0.29, 0.717) is 25.4 Å². The van der Waals surface area contributed by atoms with Gasteiger partial charge in [-0.1, -0.05) is 18.2 Å². The summed E-state index contributed by atoms with van der Waals surface area (Å²) in [5.41, 5.74) is 2.55. The van der Waals surface area contributed by atoms with Crippen LogP contribution in [0.5, 0.6) is 5.75 Å². The van der Waals surface area contributed by atoms with Crippen LogP contribution < -0.4 is 14.4 Å². The lowest BCUT2D eigenvalue weighted by molar-refractivity contribution is 0.240. The standard InChI is InChI=1S/C19H24N2O3S/c1-14(2)24-19-9-8-17(12-15(19)3)25(22,23)21-11-10-20-13-16-6-4-5-7-18(16)21/h4-9,12,14,20H,10-11,13H2,1-3H3. The molecule has 0 saturated carbocycles. The first-order chi connectivity index (χ1) is 11.9. The first-order valence-corrected chi connectivity index (χ1v) is 9.92. The number of anilines is 1. The topological polar surface area (TPSA) is 58.6 Å². The Bertz CT molecular complexity index is 863. The van der Waals surface area contributed by atoms with E-state index in [1.54, 1.807) is 18.2 Å². The Hall–Kier alpha value is -2.05. The number of fused-ring (bicyclic) bond motifs is 1. The Morgan fingerprint density at radius 2 is 1.92 bits per heavy atom. The number of sulfonamides is 1. The monoisotopic (exact) mass is 360 g/mol. The molecule has 3 rings (SSSR count). The third-order valence-corrected chi connectivity index (χ3v) is 5.97. The summed E-state index contributed by atoms with van der Waals surface area (Å²) in [5.74, 6) is 0.715. The lowest BCUT2D eigenvalue weighted by Gasteiger charge is -2.24. The highest BCUT2D eigenvalue weighted by atomic mass is 32.2. The molecule has 0 aromatic heterocycles. The van der Waals surface area contributed by atoms with Crippen LogP contribution in [0.25, 0.3) is 0 Å². The van der Waals surface area contributed by atoms with Crippen molar-refractivity contribution in [1.82, 2.24) is 5.32 Å². The Morgan fingerprint density at radius 1 is 1.16 bits per heavy atom. The average Bonchev–Trinajstić information content (AvgIpc) is 2.79. The molecule has 0 atom stereocenters. The first-order valence-electron chi connectivity index (χ1n) is 8.48. The highest BCUT2D eigenvalue weighted by Gasteiger charge is 2.28. The molecule has 134 valence electrons. The summed E-state index contributed by atoms with van der Waals surface area (Å²) in [6.45, 7) is 7.46. The molecule has 0 bridgehead atoms. The van der Waals surface area contributed by atoms with Gasteiger partial charge in [-0.05, 0) is 56.2 Å². The van der Waals surface area contributed by atoms with E-state index in [1.807, 2.05) is 45.0 Å². The van der Waals surface area contributed by atoms with Crippen molar-refractivity contribution in [2.45, 2.75) is 38.3 Å². The van der Waals surface area contributed by atoms with Crippen molar-refractivity contribution in [3.63, 3.8) is 0 Å². The van der Waals surface area contributed by atoms with Crippen molar-refractivity contribution in [2.24, 2.45) is 0 Å². The molecule has 2 aromatic rings. The van der Waals surface area contributed by atoms with Crippen LogP contribution in [-0.4, -0.2) is 27.6 Å². The molecule has 6 heteroatoms. The van der Waals surface area contributed by atoms with Gasteiger partial charge in [-0.15, -0.1) is 0 Å². The summed E-state index contributed by atoms with van der Waals surface area (Å²) < 4.78 is 33.7. The Morgan fingerprint density at radius 3 is 2.64 bits per heavy atom. The van der Waals surface area contributed by atoms with Gasteiger partial charge in [-0.25, -0.2) is 8.42 Å². The smallest absolute Gasteiger partial charge is 0.264 e. The van der Waals surface area contributed by atoms with E-state index >= 15 is 0 Å². The number of rotatable bonds is 4. The maximum absolute atomic E-state index is 13.2. The fraction of sp³-hybridized carbons (Fsp3) is 0.368. The van der Waals surface area contributed by atoms with E-state index in [4.69, 9.17) is 4.74 Å². The van der Waals surface area contributed by atoms with Crippen LogP contribution in [0.4, 0.5) is 5.69 Å². The molecule has 1 aliphatic heterocycles. The number of hydrogen-bond donors (Lipinski definition) is 1. The second kappa shape index (κ2) is 7.06. The normalized spacial score (nSPS) is 15.0. The van der Waals surface area contributed by atoms with Gasteiger partial charge in [0.15, 0.2) is 0 Å². The van der Waals surface area contributed by atoms with Gasteiger partial charge in [0.25, 0.3) is 10.0 Å². The predicted molar refractivity (Wildman–Crippen MR) is 99.6 cm³/mol. The second-order valence-electron chi connectivity index (χ2n) is 6.48. The number of ether oxygens (including phenoxy) is 1. The number of aryl methyl sites for hydroxylation is 1. The van der Waals surface area contributed by atoms with Crippen molar-refractivity contribution >= 4 is 15.7 Å². The average molecular weight is 360 g/mol. The Labute approximate surface area is 149 Å². The molecule has 25 heavy (non-hydrogen) atoms. The van der Waals surface area contributed by atoms with E-state index in [9.17, 15) is 8.42 Å². The fourth-order valence-electron chi connectivity index (χ4n) is 2.97. The summed E-state index contributed by atoms with van der Waals surface area (Å²) in [6, 6.07) is 12.7. The maximum atomic E-state index is 13.2. The zero-order valence-electron chi connectivity index (χ0n) is 14.8. The zero-order valence-corrected chi connectivity index (χ0v) is 15.6. The van der Waals surface area contributed by atoms with Gasteiger partial charge in [0.1, 0.15) is 5.75 Å². The van der Waals surface area contributed by atoms with Gasteiger partial charge in [-0.3, -0.25) is 4.31 Å². The van der Waals surface area contributed by atoms with E-state index < -0.39 is 10.0 Å². The van der Waals surface area contributed by atoms with Gasteiger partial charge in [0.2, 0.25) is 0 Å². The molecular formula is C19H24N2O3S. The lowest BCUT2D eigenvalue weighted by atomic mass is 10.2. The van der Waals surface area contributed by atoms with Crippen molar-refractivity contribution in [3.05, 3.63) is 53.6 Å². The van der Waals surface area contributed by atoms with Crippen molar-refractivity contribution < 1.29 is 13.2 Å². The van der Waals surface area contributed by atoms with Crippen LogP contribution in [0.15, 0.2) is 47.4 Å². The van der Waals surface area contributed by atoms with E-state index in [0.717, 1.165) is 16.8 Å². The minimum Gasteiger partial charge on any atom is -0.491 e. The zero-order chi connectivity index (χ0) is 18.0. The molecule has 0 aliphatic carbocycles. The number of hydrogen-bond acceptors (Lipinski definition) is 4. The molecular weight excluding hydrogens is 336 g/mol. The van der Waals surface area contributed by atoms with Crippen LogP contribution in [-0.2, 0) is 16.6 Å². The van der Waals surface area contributed by atoms with Gasteiger partial charge in [0, 0.05) is 19.6 Å². The van der Waals surface area contributed by atoms with Gasteiger partial charge in [-0.2, -0.15) is 0 Å². The Kier molecular flexibility index (Phi) is 5.01. The Balaban J connectivity index is 2.01. The quantitative estimate of drug-likeness (QED) is 0.910. The lowest BCUT2D eigenvalue weighted by Crippen LogP contribution is -2.34. The largest absolute Gasteiger partial charge is 0.491 e. The highest BCUT2D eigenvalue weighted by molar-refractivity contribution is 7.92. The number of benzene rings is 2. The second-order valence-corrected chi connectivity index (χ2v) is 8.34.